The van der Waals surface area contributed by atoms with Crippen LogP contribution in [0.2, 0.25) is 0 Å². The van der Waals surface area contributed by atoms with E-state index < -0.39 is 0 Å². The Bertz CT molecular complexity index is 729. The molecule has 3 rings (SSSR count). The SMILES string of the molecule is Cl.NCc1cc(C(=O)NCc2cccc(N3CCCC3=O)c2)co1. The van der Waals surface area contributed by atoms with Crippen LogP contribution in [-0.2, 0) is 17.9 Å². The minimum atomic E-state index is -0.212. The number of hydrogen-bond acceptors (Lipinski definition) is 4. The number of nitrogens with one attached hydrogen (secondary N) is 1. The maximum absolute atomic E-state index is 12.1. The van der Waals surface area contributed by atoms with Gasteiger partial charge in [0.1, 0.15) is 12.0 Å². The number of halogens is 1. The molecule has 6 nitrogen and oxygen atoms in total. The first-order valence-electron chi connectivity index (χ1n) is 7.62. The molecule has 128 valence electrons. The molecule has 0 atom stereocenters. The van der Waals surface area contributed by atoms with Crippen molar-refractivity contribution in [2.24, 2.45) is 5.73 Å². The van der Waals surface area contributed by atoms with Crippen LogP contribution in [0.15, 0.2) is 41.0 Å². The van der Waals surface area contributed by atoms with Crippen LogP contribution in [0, 0.1) is 0 Å². The Morgan fingerprint density at radius 1 is 1.33 bits per heavy atom. The molecule has 1 aliphatic heterocycles. The zero-order valence-corrected chi connectivity index (χ0v) is 14.0. The third kappa shape index (κ3) is 3.96. The number of nitrogens with two attached hydrogens (primary N) is 1. The van der Waals surface area contributed by atoms with E-state index in [1.165, 1.54) is 6.26 Å². The maximum Gasteiger partial charge on any atom is 0.254 e. The molecule has 3 N–H and O–H groups in total. The summed E-state index contributed by atoms with van der Waals surface area (Å²) in [5.41, 5.74) is 7.74. The fraction of sp³-hybridized carbons (Fsp3) is 0.294. The van der Waals surface area contributed by atoms with Crippen molar-refractivity contribution in [3.63, 3.8) is 0 Å². The third-order valence-corrected chi connectivity index (χ3v) is 3.87. The lowest BCUT2D eigenvalue weighted by atomic mass is 10.2. The number of nitrogens with zero attached hydrogens (tertiary/aromatic N) is 1. The summed E-state index contributed by atoms with van der Waals surface area (Å²) in [7, 11) is 0. The Hall–Kier alpha value is -2.31. The maximum atomic E-state index is 12.1. The van der Waals surface area contributed by atoms with E-state index in [0.29, 0.717) is 24.3 Å². The van der Waals surface area contributed by atoms with Gasteiger partial charge in [0.15, 0.2) is 0 Å². The number of amides is 2. The van der Waals surface area contributed by atoms with Crippen molar-refractivity contribution in [1.82, 2.24) is 5.32 Å². The van der Waals surface area contributed by atoms with Gasteiger partial charge in [0, 0.05) is 25.2 Å². The number of rotatable bonds is 5. The molecule has 0 aliphatic carbocycles. The first-order chi connectivity index (χ1) is 11.2. The van der Waals surface area contributed by atoms with Gasteiger partial charge in [-0.25, -0.2) is 0 Å². The summed E-state index contributed by atoms with van der Waals surface area (Å²) >= 11 is 0. The van der Waals surface area contributed by atoms with Crippen molar-refractivity contribution in [2.75, 3.05) is 11.4 Å². The molecule has 0 bridgehead atoms. The normalized spacial score (nSPS) is 13.7. The zero-order valence-electron chi connectivity index (χ0n) is 13.2. The predicted molar refractivity (Wildman–Crippen MR) is 93.0 cm³/mol. The molecule has 0 spiro atoms. The second-order valence-electron chi connectivity index (χ2n) is 5.51. The Balaban J connectivity index is 0.00000208. The van der Waals surface area contributed by atoms with Crippen LogP contribution in [0.1, 0.15) is 34.5 Å². The van der Waals surface area contributed by atoms with Gasteiger partial charge >= 0.3 is 0 Å². The molecule has 1 aliphatic rings. The van der Waals surface area contributed by atoms with Gasteiger partial charge in [0.05, 0.1) is 12.1 Å². The highest BCUT2D eigenvalue weighted by molar-refractivity contribution is 5.95. The van der Waals surface area contributed by atoms with Crippen LogP contribution in [0.4, 0.5) is 5.69 Å². The van der Waals surface area contributed by atoms with Gasteiger partial charge in [-0.05, 0) is 30.2 Å². The molecule has 1 aromatic carbocycles. The molecule has 1 aromatic heterocycles. The number of carbonyl (C=O) groups excluding carboxylic acids is 2. The zero-order chi connectivity index (χ0) is 16.2. The molecule has 0 saturated carbocycles. The lowest BCUT2D eigenvalue weighted by Gasteiger charge is -2.16. The summed E-state index contributed by atoms with van der Waals surface area (Å²) in [6, 6.07) is 9.30. The monoisotopic (exact) mass is 349 g/mol. The van der Waals surface area contributed by atoms with Gasteiger partial charge in [-0.1, -0.05) is 12.1 Å². The Kier molecular flexibility index (Phi) is 6.00. The average Bonchev–Trinajstić information content (AvgIpc) is 3.21. The summed E-state index contributed by atoms with van der Waals surface area (Å²) < 4.78 is 5.16. The minimum Gasteiger partial charge on any atom is -0.467 e. The second kappa shape index (κ2) is 7.99. The van der Waals surface area contributed by atoms with E-state index in [4.69, 9.17) is 10.2 Å². The first-order valence-corrected chi connectivity index (χ1v) is 7.62. The van der Waals surface area contributed by atoms with Crippen molar-refractivity contribution in [3.05, 3.63) is 53.5 Å². The quantitative estimate of drug-likeness (QED) is 0.866. The minimum absolute atomic E-state index is 0. The lowest BCUT2D eigenvalue weighted by molar-refractivity contribution is -0.117. The summed E-state index contributed by atoms with van der Waals surface area (Å²) in [5, 5.41) is 2.84. The second-order valence-corrected chi connectivity index (χ2v) is 5.51. The molecule has 1 saturated heterocycles. The molecular formula is C17H20ClN3O3. The standard InChI is InChI=1S/C17H19N3O3.ClH/c18-9-15-8-13(11-23-15)17(22)19-10-12-3-1-4-14(7-12)20-6-2-5-16(20)21;/h1,3-4,7-8,11H,2,5-6,9-10,18H2,(H,19,22);1H. The number of hydrogen-bond donors (Lipinski definition) is 2. The van der Waals surface area contributed by atoms with E-state index in [2.05, 4.69) is 5.32 Å². The molecule has 7 heteroatoms. The van der Waals surface area contributed by atoms with Crippen LogP contribution in [-0.4, -0.2) is 18.4 Å². The number of benzene rings is 1. The Morgan fingerprint density at radius 3 is 2.83 bits per heavy atom. The summed E-state index contributed by atoms with van der Waals surface area (Å²) in [6.45, 7) is 1.41. The summed E-state index contributed by atoms with van der Waals surface area (Å²) in [4.78, 5) is 25.7. The average molecular weight is 350 g/mol. The van der Waals surface area contributed by atoms with Crippen LogP contribution < -0.4 is 16.0 Å². The van der Waals surface area contributed by atoms with Gasteiger partial charge in [-0.2, -0.15) is 0 Å². The van der Waals surface area contributed by atoms with Crippen LogP contribution in [0.3, 0.4) is 0 Å². The van der Waals surface area contributed by atoms with Gasteiger partial charge in [0.2, 0.25) is 5.91 Å². The molecule has 2 aromatic rings. The highest BCUT2D eigenvalue weighted by Crippen LogP contribution is 2.22. The van der Waals surface area contributed by atoms with Crippen molar-refractivity contribution in [1.29, 1.82) is 0 Å². The topological polar surface area (TPSA) is 88.6 Å². The molecular weight excluding hydrogens is 330 g/mol. The fourth-order valence-electron chi connectivity index (χ4n) is 2.65. The summed E-state index contributed by atoms with van der Waals surface area (Å²) in [6.07, 6.45) is 2.89. The van der Waals surface area contributed by atoms with Gasteiger partial charge < -0.3 is 20.4 Å². The van der Waals surface area contributed by atoms with Crippen molar-refractivity contribution >= 4 is 29.9 Å². The molecule has 2 amide bonds. The van der Waals surface area contributed by atoms with Gasteiger partial charge in [-0.15, -0.1) is 12.4 Å². The molecule has 2 heterocycles. The predicted octanol–water partition coefficient (Wildman–Crippen LogP) is 2.22. The van der Waals surface area contributed by atoms with Crippen LogP contribution in [0.5, 0.6) is 0 Å². The van der Waals surface area contributed by atoms with E-state index in [1.54, 1.807) is 11.0 Å². The van der Waals surface area contributed by atoms with Crippen molar-refractivity contribution in [2.45, 2.75) is 25.9 Å². The van der Waals surface area contributed by atoms with E-state index >= 15 is 0 Å². The first kappa shape index (κ1) is 18.0. The Morgan fingerprint density at radius 2 is 2.17 bits per heavy atom. The molecule has 0 unspecified atom stereocenters. The number of anilines is 1. The van der Waals surface area contributed by atoms with Gasteiger partial charge in [-0.3, -0.25) is 9.59 Å². The summed E-state index contributed by atoms with van der Waals surface area (Å²) in [5.74, 6) is 0.514. The molecule has 0 radical (unpaired) electrons. The van der Waals surface area contributed by atoms with E-state index in [0.717, 1.165) is 24.2 Å². The lowest BCUT2D eigenvalue weighted by Crippen LogP contribution is -2.25. The third-order valence-electron chi connectivity index (χ3n) is 3.87. The van der Waals surface area contributed by atoms with Crippen LogP contribution in [0.25, 0.3) is 0 Å². The highest BCUT2D eigenvalue weighted by Gasteiger charge is 2.21. The smallest absolute Gasteiger partial charge is 0.254 e. The largest absolute Gasteiger partial charge is 0.467 e. The number of furan rings is 1. The van der Waals surface area contributed by atoms with Crippen LogP contribution >= 0.6 is 12.4 Å². The Labute approximate surface area is 146 Å². The van der Waals surface area contributed by atoms with Gasteiger partial charge in [0.25, 0.3) is 5.91 Å². The van der Waals surface area contributed by atoms with Crippen molar-refractivity contribution < 1.29 is 14.0 Å². The van der Waals surface area contributed by atoms with E-state index in [9.17, 15) is 9.59 Å². The highest BCUT2D eigenvalue weighted by atomic mass is 35.5. The number of carbonyl (C=O) groups is 2. The van der Waals surface area contributed by atoms with E-state index in [-0.39, 0.29) is 30.8 Å². The fourth-order valence-corrected chi connectivity index (χ4v) is 2.65. The molecule has 1 fully saturated rings. The molecule has 24 heavy (non-hydrogen) atoms. The van der Waals surface area contributed by atoms with Crippen molar-refractivity contribution in [3.8, 4) is 0 Å². The van der Waals surface area contributed by atoms with E-state index in [1.807, 2.05) is 24.3 Å².